The summed E-state index contributed by atoms with van der Waals surface area (Å²) in [6.07, 6.45) is 0.743. The number of rotatable bonds is 7. The van der Waals surface area contributed by atoms with Gasteiger partial charge >= 0.3 is 5.97 Å². The summed E-state index contributed by atoms with van der Waals surface area (Å²) >= 11 is 0. The summed E-state index contributed by atoms with van der Waals surface area (Å²) in [5, 5.41) is 2.74. The Balaban J connectivity index is 1.64. The molecular formula is C20H20N2O5. The smallest absolute Gasteiger partial charge is 0.339 e. The zero-order chi connectivity index (χ0) is 19.2. The predicted molar refractivity (Wildman–Crippen MR) is 99.7 cm³/mol. The second kappa shape index (κ2) is 8.35. The van der Waals surface area contributed by atoms with Crippen LogP contribution in [-0.4, -0.2) is 29.6 Å². The summed E-state index contributed by atoms with van der Waals surface area (Å²) < 4.78 is 15.9. The average molecular weight is 368 g/mol. The van der Waals surface area contributed by atoms with Crippen LogP contribution in [-0.2, 0) is 9.53 Å². The van der Waals surface area contributed by atoms with Gasteiger partial charge in [0, 0.05) is 5.69 Å². The fraction of sp³-hybridized carbons (Fsp3) is 0.250. The molecule has 0 bridgehead atoms. The summed E-state index contributed by atoms with van der Waals surface area (Å²) in [5.74, 6) is -0.269. The molecule has 1 N–H and O–H groups in total. The van der Waals surface area contributed by atoms with Crippen LogP contribution in [0.25, 0.3) is 11.1 Å². The zero-order valence-electron chi connectivity index (χ0n) is 15.1. The van der Waals surface area contributed by atoms with Crippen LogP contribution in [0.5, 0.6) is 5.75 Å². The molecule has 0 saturated carbocycles. The van der Waals surface area contributed by atoms with E-state index in [1.807, 2.05) is 6.92 Å². The second-order valence-electron chi connectivity index (χ2n) is 5.78. The van der Waals surface area contributed by atoms with E-state index >= 15 is 0 Å². The average Bonchev–Trinajstić information content (AvgIpc) is 3.15. The fourth-order valence-electron chi connectivity index (χ4n) is 2.53. The first kappa shape index (κ1) is 18.4. The molecule has 1 amide bonds. The molecule has 140 valence electrons. The number of aromatic nitrogens is 1. The quantitative estimate of drug-likeness (QED) is 0.638. The van der Waals surface area contributed by atoms with Gasteiger partial charge in [0.2, 0.25) is 0 Å². The molecule has 7 heteroatoms. The van der Waals surface area contributed by atoms with Crippen LogP contribution >= 0.6 is 0 Å². The number of carbonyl (C=O) groups is 2. The normalized spacial score (nSPS) is 11.8. The van der Waals surface area contributed by atoms with Gasteiger partial charge in [0.1, 0.15) is 11.3 Å². The van der Waals surface area contributed by atoms with E-state index in [2.05, 4.69) is 10.3 Å². The highest BCUT2D eigenvalue weighted by atomic mass is 16.5. The maximum Gasteiger partial charge on any atom is 0.339 e. The standard InChI is InChI=1S/C20H20N2O5/c1-3-17(19(23)22-14-6-8-15(9-7-14)25-4-2)27-20(24)13-5-10-16-18(11-13)26-12-21-16/h5-12,17H,3-4H2,1-2H3,(H,22,23). The van der Waals surface area contributed by atoms with E-state index in [0.29, 0.717) is 35.4 Å². The highest BCUT2D eigenvalue weighted by Crippen LogP contribution is 2.18. The minimum atomic E-state index is -0.908. The first-order valence-corrected chi connectivity index (χ1v) is 8.68. The minimum Gasteiger partial charge on any atom is -0.494 e. The summed E-state index contributed by atoms with van der Waals surface area (Å²) in [7, 11) is 0. The number of nitrogens with zero attached hydrogens (tertiary/aromatic N) is 1. The van der Waals surface area contributed by atoms with E-state index in [1.54, 1.807) is 49.4 Å². The van der Waals surface area contributed by atoms with Crippen molar-refractivity contribution < 1.29 is 23.5 Å². The molecule has 1 unspecified atom stereocenters. The van der Waals surface area contributed by atoms with E-state index in [9.17, 15) is 9.59 Å². The molecule has 1 heterocycles. The van der Waals surface area contributed by atoms with Crippen LogP contribution in [0.3, 0.4) is 0 Å². The number of hydrogen-bond donors (Lipinski definition) is 1. The molecule has 1 aromatic heterocycles. The van der Waals surface area contributed by atoms with E-state index in [-0.39, 0.29) is 0 Å². The van der Waals surface area contributed by atoms with Crippen molar-refractivity contribution in [2.45, 2.75) is 26.4 Å². The van der Waals surface area contributed by atoms with Crippen LogP contribution in [0.2, 0.25) is 0 Å². The molecule has 27 heavy (non-hydrogen) atoms. The Morgan fingerprint density at radius 1 is 1.15 bits per heavy atom. The molecule has 0 fully saturated rings. The van der Waals surface area contributed by atoms with Crippen molar-refractivity contribution in [3.63, 3.8) is 0 Å². The molecule has 0 aliphatic carbocycles. The number of carbonyl (C=O) groups excluding carboxylic acids is 2. The molecule has 0 radical (unpaired) electrons. The van der Waals surface area contributed by atoms with Crippen molar-refractivity contribution in [3.05, 3.63) is 54.4 Å². The van der Waals surface area contributed by atoms with Crippen molar-refractivity contribution in [2.75, 3.05) is 11.9 Å². The van der Waals surface area contributed by atoms with E-state index in [0.717, 1.165) is 5.75 Å². The zero-order valence-corrected chi connectivity index (χ0v) is 15.1. The molecule has 2 aromatic carbocycles. The van der Waals surface area contributed by atoms with Gasteiger partial charge in [0.05, 0.1) is 12.2 Å². The lowest BCUT2D eigenvalue weighted by atomic mass is 10.2. The molecule has 0 saturated heterocycles. The third-order valence-electron chi connectivity index (χ3n) is 3.91. The van der Waals surface area contributed by atoms with Crippen molar-refractivity contribution in [2.24, 2.45) is 0 Å². The largest absolute Gasteiger partial charge is 0.494 e. The number of ether oxygens (including phenoxy) is 2. The Morgan fingerprint density at radius 2 is 1.93 bits per heavy atom. The number of benzene rings is 2. The van der Waals surface area contributed by atoms with Crippen LogP contribution < -0.4 is 10.1 Å². The molecule has 0 aliphatic rings. The Hall–Kier alpha value is -3.35. The van der Waals surface area contributed by atoms with Gasteiger partial charge in [0.25, 0.3) is 5.91 Å². The monoisotopic (exact) mass is 368 g/mol. The number of oxazole rings is 1. The Bertz CT molecular complexity index is 933. The molecule has 1 atom stereocenters. The van der Waals surface area contributed by atoms with E-state index in [4.69, 9.17) is 13.9 Å². The summed E-state index contributed by atoms with van der Waals surface area (Å²) in [5.41, 5.74) is 2.02. The number of esters is 1. The van der Waals surface area contributed by atoms with Gasteiger partial charge < -0.3 is 19.2 Å². The van der Waals surface area contributed by atoms with Gasteiger partial charge in [0.15, 0.2) is 18.1 Å². The molecule has 0 aliphatic heterocycles. The van der Waals surface area contributed by atoms with Crippen molar-refractivity contribution >= 4 is 28.7 Å². The molecule has 3 rings (SSSR count). The van der Waals surface area contributed by atoms with Gasteiger partial charge in [-0.3, -0.25) is 4.79 Å². The topological polar surface area (TPSA) is 90.7 Å². The van der Waals surface area contributed by atoms with Gasteiger partial charge in [-0.25, -0.2) is 9.78 Å². The van der Waals surface area contributed by atoms with Gasteiger partial charge in [-0.05, 0) is 55.8 Å². The maximum atomic E-state index is 12.4. The first-order chi connectivity index (χ1) is 13.1. The van der Waals surface area contributed by atoms with Crippen LogP contribution in [0.1, 0.15) is 30.6 Å². The Labute approximate surface area is 156 Å². The van der Waals surface area contributed by atoms with Crippen LogP contribution in [0, 0.1) is 0 Å². The summed E-state index contributed by atoms with van der Waals surface area (Å²) in [6, 6.07) is 11.8. The second-order valence-corrected chi connectivity index (χ2v) is 5.78. The molecule has 0 spiro atoms. The number of fused-ring (bicyclic) bond motifs is 1. The number of hydrogen-bond acceptors (Lipinski definition) is 6. The van der Waals surface area contributed by atoms with E-state index in [1.165, 1.54) is 6.39 Å². The lowest BCUT2D eigenvalue weighted by Crippen LogP contribution is -2.32. The number of amides is 1. The predicted octanol–water partition coefficient (Wildman–Crippen LogP) is 3.80. The fourth-order valence-corrected chi connectivity index (χ4v) is 2.53. The minimum absolute atomic E-state index is 0.298. The highest BCUT2D eigenvalue weighted by Gasteiger charge is 2.22. The van der Waals surface area contributed by atoms with E-state index < -0.39 is 18.0 Å². The number of nitrogens with one attached hydrogen (secondary N) is 1. The van der Waals surface area contributed by atoms with Crippen molar-refractivity contribution in [1.29, 1.82) is 0 Å². The third-order valence-corrected chi connectivity index (χ3v) is 3.91. The lowest BCUT2D eigenvalue weighted by Gasteiger charge is -2.16. The maximum absolute atomic E-state index is 12.4. The number of anilines is 1. The van der Waals surface area contributed by atoms with Gasteiger partial charge in [-0.1, -0.05) is 6.92 Å². The summed E-state index contributed by atoms with van der Waals surface area (Å²) in [4.78, 5) is 28.8. The molecular weight excluding hydrogens is 348 g/mol. The molecule has 7 nitrogen and oxygen atoms in total. The van der Waals surface area contributed by atoms with Crippen LogP contribution in [0.15, 0.2) is 53.3 Å². The first-order valence-electron chi connectivity index (χ1n) is 8.68. The SMILES string of the molecule is CCOc1ccc(NC(=O)C(CC)OC(=O)c2ccc3ncoc3c2)cc1. The molecule has 3 aromatic rings. The van der Waals surface area contributed by atoms with Crippen molar-refractivity contribution in [3.8, 4) is 5.75 Å². The van der Waals surface area contributed by atoms with Crippen LogP contribution in [0.4, 0.5) is 5.69 Å². The van der Waals surface area contributed by atoms with Gasteiger partial charge in [-0.15, -0.1) is 0 Å². The highest BCUT2D eigenvalue weighted by molar-refractivity contribution is 5.98. The summed E-state index contributed by atoms with van der Waals surface area (Å²) in [6.45, 7) is 4.24. The Morgan fingerprint density at radius 3 is 2.63 bits per heavy atom. The third kappa shape index (κ3) is 4.44. The Kier molecular flexibility index (Phi) is 5.71. The lowest BCUT2D eigenvalue weighted by molar-refractivity contribution is -0.124. The van der Waals surface area contributed by atoms with Gasteiger partial charge in [-0.2, -0.15) is 0 Å². The van der Waals surface area contributed by atoms with Crippen molar-refractivity contribution in [1.82, 2.24) is 4.98 Å².